The number of thioether (sulfide) groups is 1. The van der Waals surface area contributed by atoms with Crippen molar-refractivity contribution in [2.24, 2.45) is 0 Å². The number of Topliss-reactive ketones (excluding diaryl/α,β-unsaturated/α-hetero) is 1. The molecule has 0 bridgehead atoms. The number of rotatable bonds is 10. The molecule has 0 fully saturated rings. The van der Waals surface area contributed by atoms with E-state index in [2.05, 4.69) is 21.5 Å². The molecule has 0 N–H and O–H groups in total. The zero-order valence-electron chi connectivity index (χ0n) is 22.4. The molecule has 1 aliphatic rings. The molecule has 0 amide bonds. The number of aromatic nitrogens is 3. The number of carbonyl (C=O) groups is 1. The van der Waals surface area contributed by atoms with E-state index in [1.807, 2.05) is 32.0 Å². The fraction of sp³-hybridized carbons (Fsp3) is 0.400. The first kappa shape index (κ1) is 29.7. The Morgan fingerprint density at radius 3 is 2.60 bits per heavy atom. The van der Waals surface area contributed by atoms with Gasteiger partial charge in [-0.15, -0.1) is 11.8 Å². The van der Waals surface area contributed by atoms with Gasteiger partial charge < -0.3 is 4.74 Å². The number of alkyl halides is 4. The summed E-state index contributed by atoms with van der Waals surface area (Å²) in [6.45, 7) is 7.08. The second kappa shape index (κ2) is 12.5. The predicted molar refractivity (Wildman–Crippen MR) is 148 cm³/mol. The van der Waals surface area contributed by atoms with Crippen LogP contribution in [0.25, 0.3) is 11.4 Å². The summed E-state index contributed by atoms with van der Waals surface area (Å²) >= 11 is 1.59. The molecule has 40 heavy (non-hydrogen) atoms. The molecular weight excluding hydrogens is 542 g/mol. The fourth-order valence-corrected chi connectivity index (χ4v) is 5.70. The third-order valence-corrected chi connectivity index (χ3v) is 8.06. The first-order chi connectivity index (χ1) is 19.1. The summed E-state index contributed by atoms with van der Waals surface area (Å²) in [5.41, 5.74) is -0.584. The lowest BCUT2D eigenvalue weighted by Crippen LogP contribution is -2.38. The highest BCUT2D eigenvalue weighted by Crippen LogP contribution is 2.43. The Morgan fingerprint density at radius 1 is 1.12 bits per heavy atom. The molecule has 5 nitrogen and oxygen atoms in total. The lowest BCUT2D eigenvalue weighted by atomic mass is 9.85. The number of hydrogen-bond acceptors (Lipinski definition) is 6. The third-order valence-electron chi connectivity index (χ3n) is 7.15. The van der Waals surface area contributed by atoms with E-state index >= 15 is 0 Å². The van der Waals surface area contributed by atoms with Crippen LogP contribution in [0, 0.1) is 0 Å². The Balaban J connectivity index is 1.63. The summed E-state index contributed by atoms with van der Waals surface area (Å²) in [5, 5.41) is 0. The van der Waals surface area contributed by atoms with Gasteiger partial charge in [-0.2, -0.15) is 13.2 Å². The summed E-state index contributed by atoms with van der Waals surface area (Å²) < 4.78 is 59.9. The number of halogens is 4. The normalized spacial score (nSPS) is 18.9. The van der Waals surface area contributed by atoms with Gasteiger partial charge in [0, 0.05) is 35.7 Å². The Hall–Kier alpha value is -3.27. The van der Waals surface area contributed by atoms with E-state index in [1.165, 1.54) is 0 Å². The molecule has 3 atom stereocenters. The molecule has 4 rings (SSSR count). The van der Waals surface area contributed by atoms with Gasteiger partial charge >= 0.3 is 6.18 Å². The Kier molecular flexibility index (Phi) is 9.28. The van der Waals surface area contributed by atoms with Gasteiger partial charge in [0.05, 0.1) is 11.9 Å². The summed E-state index contributed by atoms with van der Waals surface area (Å²) in [7, 11) is 0. The first-order valence-electron chi connectivity index (χ1n) is 13.2. The molecular formula is C30H31F4N3O2S. The third kappa shape index (κ3) is 6.54. The van der Waals surface area contributed by atoms with Crippen LogP contribution in [0.1, 0.15) is 68.9 Å². The average molecular weight is 574 g/mol. The minimum atomic E-state index is -5.05. The van der Waals surface area contributed by atoms with E-state index < -0.39 is 24.2 Å². The predicted octanol–water partition coefficient (Wildman–Crippen LogP) is 8.62. The van der Waals surface area contributed by atoms with Crippen LogP contribution in [0.15, 0.2) is 66.5 Å². The zero-order chi connectivity index (χ0) is 28.9. The standard InChI is InChI=1S/C30H31F4N3O2S/c1-4-29(31,30(32,33)34)13-8-9-21-23-18-36-24(16-22(23)19(3)11-12-25(21)38)28-26(40-5-2)15-20(17-37-28)39-27-10-6-7-14-35-27/h4,6-7,10,14-19,21H,1,5,8-9,11-13H2,2-3H3. The lowest BCUT2D eigenvalue weighted by molar-refractivity contribution is -0.214. The number of allylic oxidation sites excluding steroid dienone is 1. The second-order valence-corrected chi connectivity index (χ2v) is 11.1. The van der Waals surface area contributed by atoms with Crippen LogP contribution in [0.3, 0.4) is 0 Å². The van der Waals surface area contributed by atoms with Gasteiger partial charge in [0.1, 0.15) is 17.2 Å². The van der Waals surface area contributed by atoms with Crippen molar-refractivity contribution in [1.29, 1.82) is 0 Å². The highest BCUT2D eigenvalue weighted by atomic mass is 32.2. The Morgan fingerprint density at radius 2 is 1.93 bits per heavy atom. The molecule has 1 aliphatic carbocycles. The number of nitrogens with zero attached hydrogens (tertiary/aromatic N) is 3. The van der Waals surface area contributed by atoms with Gasteiger partial charge in [-0.3, -0.25) is 9.78 Å². The zero-order valence-corrected chi connectivity index (χ0v) is 23.2. The van der Waals surface area contributed by atoms with E-state index in [0.717, 1.165) is 16.2 Å². The van der Waals surface area contributed by atoms with Crippen LogP contribution in [-0.4, -0.2) is 38.3 Å². The summed E-state index contributed by atoms with van der Waals surface area (Å²) in [6.07, 6.45) is 0.235. The minimum absolute atomic E-state index is 0.0309. The molecule has 0 radical (unpaired) electrons. The van der Waals surface area contributed by atoms with E-state index in [1.54, 1.807) is 42.5 Å². The molecule has 0 aliphatic heterocycles. The van der Waals surface area contributed by atoms with E-state index in [4.69, 9.17) is 4.74 Å². The van der Waals surface area contributed by atoms with Gasteiger partial charge in [-0.25, -0.2) is 14.4 Å². The summed E-state index contributed by atoms with van der Waals surface area (Å²) in [4.78, 5) is 27.4. The van der Waals surface area contributed by atoms with Crippen LogP contribution in [0.5, 0.6) is 11.6 Å². The molecule has 0 spiro atoms. The van der Waals surface area contributed by atoms with Gasteiger partial charge in [0.15, 0.2) is 0 Å². The second-order valence-electron chi connectivity index (χ2n) is 9.83. The van der Waals surface area contributed by atoms with Crippen LogP contribution in [-0.2, 0) is 4.79 Å². The highest BCUT2D eigenvalue weighted by Gasteiger charge is 2.53. The Bertz CT molecular complexity index is 1350. The summed E-state index contributed by atoms with van der Waals surface area (Å²) in [5.74, 6) is 1.10. The van der Waals surface area contributed by atoms with Crippen LogP contribution in [0.4, 0.5) is 17.6 Å². The maximum atomic E-state index is 14.4. The smallest absolute Gasteiger partial charge is 0.426 e. The molecule has 0 saturated heterocycles. The quantitative estimate of drug-likeness (QED) is 0.105. The Labute approximate surface area is 235 Å². The molecule has 3 heterocycles. The van der Waals surface area contributed by atoms with Crippen molar-refractivity contribution in [2.75, 3.05) is 5.75 Å². The van der Waals surface area contributed by atoms with Gasteiger partial charge in [0.2, 0.25) is 11.5 Å². The van der Waals surface area contributed by atoms with Crippen LogP contribution < -0.4 is 4.74 Å². The monoisotopic (exact) mass is 573 g/mol. The molecule has 0 saturated carbocycles. The first-order valence-corrected chi connectivity index (χ1v) is 14.2. The average Bonchev–Trinajstić information content (AvgIpc) is 3.05. The largest absolute Gasteiger partial charge is 0.437 e. The minimum Gasteiger partial charge on any atom is -0.437 e. The highest BCUT2D eigenvalue weighted by molar-refractivity contribution is 7.99. The van der Waals surface area contributed by atoms with Crippen molar-refractivity contribution in [3.8, 4) is 23.0 Å². The van der Waals surface area contributed by atoms with E-state index in [9.17, 15) is 22.4 Å². The number of hydrogen-bond donors (Lipinski definition) is 0. The van der Waals surface area contributed by atoms with E-state index in [-0.39, 0.29) is 24.5 Å². The van der Waals surface area contributed by atoms with Gasteiger partial charge in [-0.1, -0.05) is 26.5 Å². The van der Waals surface area contributed by atoms with Crippen LogP contribution in [0.2, 0.25) is 0 Å². The molecule has 3 aromatic heterocycles. The number of fused-ring (bicyclic) bond motifs is 1. The van der Waals surface area contributed by atoms with Gasteiger partial charge in [0.25, 0.3) is 0 Å². The number of ether oxygens (including phenoxy) is 1. The number of carbonyl (C=O) groups excluding carboxylic acids is 1. The van der Waals surface area contributed by atoms with Crippen molar-refractivity contribution in [2.45, 2.75) is 74.5 Å². The van der Waals surface area contributed by atoms with Crippen molar-refractivity contribution >= 4 is 17.5 Å². The molecule has 3 aromatic rings. The van der Waals surface area contributed by atoms with Crippen LogP contribution >= 0.6 is 11.8 Å². The summed E-state index contributed by atoms with van der Waals surface area (Å²) in [6, 6.07) is 9.19. The van der Waals surface area contributed by atoms with E-state index in [0.29, 0.717) is 47.5 Å². The maximum absolute atomic E-state index is 14.4. The lowest BCUT2D eigenvalue weighted by Gasteiger charge is -2.25. The van der Waals surface area contributed by atoms with Crippen molar-refractivity contribution < 1.29 is 27.1 Å². The number of ketones is 1. The van der Waals surface area contributed by atoms with Crippen molar-refractivity contribution in [3.63, 3.8) is 0 Å². The molecule has 0 aromatic carbocycles. The van der Waals surface area contributed by atoms with Crippen molar-refractivity contribution in [1.82, 2.24) is 15.0 Å². The topological polar surface area (TPSA) is 65.0 Å². The molecule has 212 valence electrons. The number of pyridine rings is 3. The molecule has 10 heteroatoms. The maximum Gasteiger partial charge on any atom is 0.426 e. The SMILES string of the molecule is C=CC(F)(CCCC1C(=O)CCC(C)c2cc(-c3ncc(Oc4ccccn4)cc3SCC)ncc21)C(F)(F)F. The van der Waals surface area contributed by atoms with Gasteiger partial charge in [-0.05, 0) is 72.8 Å². The van der Waals surface area contributed by atoms with Crippen molar-refractivity contribution in [3.05, 3.63) is 72.7 Å². The fourth-order valence-electron chi connectivity index (χ4n) is 4.90. The molecule has 3 unspecified atom stereocenters.